The molecule has 0 bridgehead atoms. The van der Waals surface area contributed by atoms with Crippen LogP contribution >= 0.6 is 0 Å². The van der Waals surface area contributed by atoms with Crippen LogP contribution in [0.15, 0.2) is 48.5 Å². The van der Waals surface area contributed by atoms with Crippen LogP contribution in [-0.4, -0.2) is 32.0 Å². The summed E-state index contributed by atoms with van der Waals surface area (Å²) < 4.78 is 13.2. The van der Waals surface area contributed by atoms with Crippen molar-refractivity contribution in [1.82, 2.24) is 0 Å². The maximum atomic E-state index is 13.2. The second kappa shape index (κ2) is 9.83. The number of amides is 2. The summed E-state index contributed by atoms with van der Waals surface area (Å²) in [5, 5.41) is 5.58. The average Bonchev–Trinajstić information content (AvgIpc) is 2.61. The van der Waals surface area contributed by atoms with Gasteiger partial charge in [-0.15, -0.1) is 0 Å². The Labute approximate surface area is 159 Å². The monoisotopic (exact) mass is 372 g/mol. The number of hydrogen-bond acceptors (Lipinski definition) is 2. The van der Waals surface area contributed by atoms with Gasteiger partial charge in [0, 0.05) is 11.4 Å². The highest BCUT2D eigenvalue weighted by Crippen LogP contribution is 2.26. The molecule has 0 saturated carbocycles. The van der Waals surface area contributed by atoms with E-state index in [1.165, 1.54) is 18.2 Å². The van der Waals surface area contributed by atoms with E-state index >= 15 is 0 Å². The largest absolute Gasteiger partial charge is 0.322 e. The fourth-order valence-electron chi connectivity index (χ4n) is 2.84. The molecule has 2 rings (SSSR count). The first-order valence-corrected chi connectivity index (χ1v) is 9.14. The standard InChI is InChI=1S/C21H26FN3O2/c1-4-15(2)18-10-5-6-11-19(18)24-21(27)14-25(3)13-20(26)23-17-9-7-8-16(22)12-17/h5-12,15H,4,13-14H2,1-3H3,(H,23,26)(H,24,27)/p+1/t15-/m0/s1. The van der Waals surface area contributed by atoms with Crippen molar-refractivity contribution >= 4 is 23.2 Å². The number of halogens is 1. The van der Waals surface area contributed by atoms with Crippen molar-refractivity contribution < 1.29 is 18.9 Å². The zero-order chi connectivity index (χ0) is 19.8. The van der Waals surface area contributed by atoms with Gasteiger partial charge in [0.2, 0.25) is 0 Å². The quantitative estimate of drug-likeness (QED) is 0.666. The number of nitrogens with one attached hydrogen (secondary N) is 3. The molecule has 2 aromatic carbocycles. The molecule has 5 nitrogen and oxygen atoms in total. The maximum absolute atomic E-state index is 13.2. The van der Waals surface area contributed by atoms with Crippen molar-refractivity contribution in [2.45, 2.75) is 26.2 Å². The van der Waals surface area contributed by atoms with Crippen LogP contribution in [0.3, 0.4) is 0 Å². The molecule has 0 aliphatic carbocycles. The Bertz CT molecular complexity index is 795. The van der Waals surface area contributed by atoms with E-state index in [-0.39, 0.29) is 24.9 Å². The smallest absolute Gasteiger partial charge is 0.279 e. The minimum atomic E-state index is -0.409. The molecule has 0 fully saturated rings. The molecule has 0 spiro atoms. The van der Waals surface area contributed by atoms with E-state index < -0.39 is 5.82 Å². The third-order valence-electron chi connectivity index (χ3n) is 4.41. The molecule has 3 N–H and O–H groups in total. The number of likely N-dealkylation sites (N-methyl/N-ethyl adjacent to an activating group) is 1. The first-order valence-electron chi connectivity index (χ1n) is 9.14. The fourth-order valence-corrected chi connectivity index (χ4v) is 2.84. The second-order valence-electron chi connectivity index (χ2n) is 6.81. The molecule has 144 valence electrons. The molecular weight excluding hydrogens is 345 g/mol. The first kappa shape index (κ1) is 20.6. The topological polar surface area (TPSA) is 62.6 Å². The van der Waals surface area contributed by atoms with Crippen LogP contribution < -0.4 is 15.5 Å². The van der Waals surface area contributed by atoms with E-state index in [2.05, 4.69) is 24.5 Å². The van der Waals surface area contributed by atoms with Crippen LogP contribution in [0.25, 0.3) is 0 Å². The van der Waals surface area contributed by atoms with Gasteiger partial charge >= 0.3 is 0 Å². The molecule has 27 heavy (non-hydrogen) atoms. The highest BCUT2D eigenvalue weighted by Gasteiger charge is 2.16. The van der Waals surface area contributed by atoms with E-state index in [1.54, 1.807) is 13.1 Å². The summed E-state index contributed by atoms with van der Waals surface area (Å²) in [5.41, 5.74) is 2.32. The van der Waals surface area contributed by atoms with Crippen molar-refractivity contribution in [3.63, 3.8) is 0 Å². The summed E-state index contributed by atoms with van der Waals surface area (Å²) in [6, 6.07) is 13.5. The number of rotatable bonds is 8. The molecule has 0 aliphatic heterocycles. The van der Waals surface area contributed by atoms with Crippen LogP contribution in [-0.2, 0) is 9.59 Å². The highest BCUT2D eigenvalue weighted by molar-refractivity contribution is 5.93. The van der Waals surface area contributed by atoms with Crippen LogP contribution in [0.1, 0.15) is 31.7 Å². The number of hydrogen-bond donors (Lipinski definition) is 3. The number of anilines is 2. The molecule has 0 aromatic heterocycles. The van der Waals surface area contributed by atoms with Crippen molar-refractivity contribution in [3.05, 3.63) is 59.9 Å². The van der Waals surface area contributed by atoms with Gasteiger partial charge < -0.3 is 15.5 Å². The molecule has 2 aromatic rings. The minimum absolute atomic E-state index is 0.108. The number of carbonyl (C=O) groups excluding carboxylic acids is 2. The Kier molecular flexibility index (Phi) is 7.49. The molecule has 1 unspecified atom stereocenters. The van der Waals surface area contributed by atoms with E-state index in [0.29, 0.717) is 11.6 Å². The van der Waals surface area contributed by atoms with Crippen LogP contribution in [0.2, 0.25) is 0 Å². The van der Waals surface area contributed by atoms with E-state index in [4.69, 9.17) is 0 Å². The minimum Gasteiger partial charge on any atom is -0.322 e. The third kappa shape index (κ3) is 6.49. The SMILES string of the molecule is CC[C@H](C)c1ccccc1NC(=O)C[NH+](C)CC(=O)Nc1cccc(F)c1. The summed E-state index contributed by atoms with van der Waals surface area (Å²) in [5.74, 6) is -0.482. The Balaban J connectivity index is 1.88. The van der Waals surface area contributed by atoms with Gasteiger partial charge in [0.1, 0.15) is 5.82 Å². The summed E-state index contributed by atoms with van der Waals surface area (Å²) in [6.07, 6.45) is 0.984. The van der Waals surface area contributed by atoms with E-state index in [1.807, 2.05) is 24.3 Å². The van der Waals surface area contributed by atoms with Gasteiger partial charge in [-0.25, -0.2) is 4.39 Å². The molecule has 6 heteroatoms. The molecular formula is C21H27FN3O2+. The predicted molar refractivity (Wildman–Crippen MR) is 105 cm³/mol. The van der Waals surface area contributed by atoms with Gasteiger partial charge in [0.15, 0.2) is 13.1 Å². The summed E-state index contributed by atoms with van der Waals surface area (Å²) in [6.45, 7) is 4.50. The van der Waals surface area contributed by atoms with Gasteiger partial charge in [0.25, 0.3) is 11.8 Å². The third-order valence-corrected chi connectivity index (χ3v) is 4.41. The van der Waals surface area contributed by atoms with Gasteiger partial charge in [-0.2, -0.15) is 0 Å². The summed E-state index contributed by atoms with van der Waals surface area (Å²) in [4.78, 5) is 25.2. The Morgan fingerprint density at radius 1 is 1.04 bits per heavy atom. The van der Waals surface area contributed by atoms with Crippen LogP contribution in [0.4, 0.5) is 15.8 Å². The van der Waals surface area contributed by atoms with Gasteiger partial charge in [-0.1, -0.05) is 38.1 Å². The van der Waals surface area contributed by atoms with Gasteiger partial charge in [0.05, 0.1) is 7.05 Å². The lowest BCUT2D eigenvalue weighted by atomic mass is 9.97. The molecule has 0 aliphatic rings. The first-order chi connectivity index (χ1) is 12.9. The maximum Gasteiger partial charge on any atom is 0.279 e. The second-order valence-corrected chi connectivity index (χ2v) is 6.81. The molecule has 2 atom stereocenters. The molecule has 0 radical (unpaired) electrons. The molecule has 2 amide bonds. The van der Waals surface area contributed by atoms with Crippen molar-refractivity contribution in [2.75, 3.05) is 30.8 Å². The van der Waals surface area contributed by atoms with Crippen molar-refractivity contribution in [3.8, 4) is 0 Å². The highest BCUT2D eigenvalue weighted by atomic mass is 19.1. The number of para-hydroxylation sites is 1. The lowest BCUT2D eigenvalue weighted by molar-refractivity contribution is -0.862. The zero-order valence-corrected chi connectivity index (χ0v) is 16.0. The summed E-state index contributed by atoms with van der Waals surface area (Å²) >= 11 is 0. The zero-order valence-electron chi connectivity index (χ0n) is 16.0. The lowest BCUT2D eigenvalue weighted by Crippen LogP contribution is -3.11. The van der Waals surface area contributed by atoms with Crippen molar-refractivity contribution in [1.29, 1.82) is 0 Å². The number of benzene rings is 2. The van der Waals surface area contributed by atoms with E-state index in [9.17, 15) is 14.0 Å². The Morgan fingerprint density at radius 3 is 2.37 bits per heavy atom. The Morgan fingerprint density at radius 2 is 1.70 bits per heavy atom. The van der Waals surface area contributed by atoms with Crippen LogP contribution in [0, 0.1) is 5.82 Å². The van der Waals surface area contributed by atoms with Crippen LogP contribution in [0.5, 0.6) is 0 Å². The summed E-state index contributed by atoms with van der Waals surface area (Å²) in [7, 11) is 1.77. The molecule has 0 heterocycles. The molecule has 0 saturated heterocycles. The van der Waals surface area contributed by atoms with Gasteiger partial charge in [-0.3, -0.25) is 9.59 Å². The fraction of sp³-hybridized carbons (Fsp3) is 0.333. The van der Waals surface area contributed by atoms with E-state index in [0.717, 1.165) is 22.6 Å². The number of carbonyl (C=O) groups is 2. The number of quaternary nitrogens is 1. The lowest BCUT2D eigenvalue weighted by Gasteiger charge is -2.17. The van der Waals surface area contributed by atoms with Crippen molar-refractivity contribution in [2.24, 2.45) is 0 Å². The Hall–Kier alpha value is -2.73. The van der Waals surface area contributed by atoms with Gasteiger partial charge in [-0.05, 0) is 42.2 Å². The average molecular weight is 372 g/mol. The normalized spacial score (nSPS) is 12.9. The predicted octanol–water partition coefficient (Wildman–Crippen LogP) is 2.43.